The minimum atomic E-state index is -0.932. The predicted octanol–water partition coefficient (Wildman–Crippen LogP) is -1.10. The first-order chi connectivity index (χ1) is 11.2. The molecule has 1 aromatic heterocycles. The highest BCUT2D eigenvalue weighted by Gasteiger charge is 2.33. The van der Waals surface area contributed by atoms with Gasteiger partial charge >= 0.3 is 0 Å². The van der Waals surface area contributed by atoms with E-state index in [1.54, 1.807) is 24.3 Å². The molecule has 2 heterocycles. The number of benzene rings is 1. The average Bonchev–Trinajstić information content (AvgIpc) is 3.11. The van der Waals surface area contributed by atoms with Crippen LogP contribution < -0.4 is 5.32 Å². The number of carbonyl (C=O) groups excluding carboxylic acids is 1. The van der Waals surface area contributed by atoms with E-state index < -0.39 is 18.2 Å². The standard InChI is InChI=1S/C14H17N5O4/c20-7-12-13(21)11(5-6-23-12)16-14(22)9-1-3-10(4-2-9)19-8-15-17-18-19/h1-4,8,11-13,20-21H,5-7H2,(H,16,22)/t11-,12+,13-/m0/s1. The van der Waals surface area contributed by atoms with Gasteiger partial charge in [0.05, 0.1) is 18.3 Å². The van der Waals surface area contributed by atoms with Crippen LogP contribution >= 0.6 is 0 Å². The summed E-state index contributed by atoms with van der Waals surface area (Å²) in [6, 6.07) is 6.31. The number of aliphatic hydroxyl groups excluding tert-OH is 2. The van der Waals surface area contributed by atoms with Gasteiger partial charge in [0, 0.05) is 12.2 Å². The summed E-state index contributed by atoms with van der Waals surface area (Å²) in [6.07, 6.45) is 0.351. The monoisotopic (exact) mass is 319 g/mol. The van der Waals surface area contributed by atoms with Crippen molar-refractivity contribution in [3.05, 3.63) is 36.2 Å². The van der Waals surface area contributed by atoms with Crippen LogP contribution in [0.3, 0.4) is 0 Å². The van der Waals surface area contributed by atoms with Crippen molar-refractivity contribution >= 4 is 5.91 Å². The molecule has 0 saturated carbocycles. The lowest BCUT2D eigenvalue weighted by molar-refractivity contribution is -0.107. The molecule has 0 radical (unpaired) electrons. The van der Waals surface area contributed by atoms with E-state index in [-0.39, 0.29) is 12.5 Å². The zero-order valence-electron chi connectivity index (χ0n) is 12.2. The van der Waals surface area contributed by atoms with E-state index in [4.69, 9.17) is 9.84 Å². The quantitative estimate of drug-likeness (QED) is 0.654. The molecular formula is C14H17N5O4. The van der Waals surface area contributed by atoms with E-state index in [0.717, 1.165) is 5.69 Å². The van der Waals surface area contributed by atoms with Gasteiger partial charge in [0.1, 0.15) is 18.5 Å². The van der Waals surface area contributed by atoms with Gasteiger partial charge in [0.2, 0.25) is 0 Å². The largest absolute Gasteiger partial charge is 0.394 e. The fourth-order valence-corrected chi connectivity index (χ4v) is 2.49. The van der Waals surface area contributed by atoms with Crippen LogP contribution in [0.1, 0.15) is 16.8 Å². The first-order valence-corrected chi connectivity index (χ1v) is 7.24. The number of tetrazole rings is 1. The molecule has 0 bridgehead atoms. The number of carbonyl (C=O) groups is 1. The SMILES string of the molecule is O=C(N[C@H]1CCO[C@H](CO)[C@H]1O)c1ccc(-n2cnnn2)cc1. The number of amides is 1. The van der Waals surface area contributed by atoms with Crippen molar-refractivity contribution in [1.29, 1.82) is 0 Å². The number of hydrogen-bond acceptors (Lipinski definition) is 7. The number of nitrogens with one attached hydrogen (secondary N) is 1. The molecular weight excluding hydrogens is 302 g/mol. The van der Waals surface area contributed by atoms with E-state index in [1.165, 1.54) is 11.0 Å². The van der Waals surface area contributed by atoms with Crippen molar-refractivity contribution in [3.8, 4) is 5.69 Å². The van der Waals surface area contributed by atoms with Crippen LogP contribution in [0.2, 0.25) is 0 Å². The lowest BCUT2D eigenvalue weighted by Gasteiger charge is -2.34. The minimum absolute atomic E-state index is 0.284. The summed E-state index contributed by atoms with van der Waals surface area (Å²) in [5.41, 5.74) is 1.19. The third-order valence-electron chi connectivity index (χ3n) is 3.79. The summed E-state index contributed by atoms with van der Waals surface area (Å²) in [7, 11) is 0. The van der Waals surface area contributed by atoms with Gasteiger partial charge in [-0.2, -0.15) is 0 Å². The van der Waals surface area contributed by atoms with Gasteiger partial charge in [-0.05, 0) is 41.1 Å². The summed E-state index contributed by atoms with van der Waals surface area (Å²) in [6.45, 7) is 0.0969. The predicted molar refractivity (Wildman–Crippen MR) is 77.9 cm³/mol. The fraction of sp³-hybridized carbons (Fsp3) is 0.429. The van der Waals surface area contributed by atoms with E-state index in [2.05, 4.69) is 20.8 Å². The third kappa shape index (κ3) is 3.36. The molecule has 1 aliphatic heterocycles. The Balaban J connectivity index is 1.66. The van der Waals surface area contributed by atoms with E-state index in [0.29, 0.717) is 18.6 Å². The fourth-order valence-electron chi connectivity index (χ4n) is 2.49. The molecule has 9 heteroatoms. The van der Waals surface area contributed by atoms with Crippen molar-refractivity contribution < 1.29 is 19.7 Å². The maximum atomic E-state index is 12.3. The van der Waals surface area contributed by atoms with Gasteiger partial charge in [-0.3, -0.25) is 4.79 Å². The lowest BCUT2D eigenvalue weighted by atomic mass is 9.99. The van der Waals surface area contributed by atoms with Crippen molar-refractivity contribution in [2.45, 2.75) is 24.7 Å². The molecule has 1 aliphatic rings. The Labute approximate surface area is 131 Å². The van der Waals surface area contributed by atoms with Gasteiger partial charge in [0.25, 0.3) is 5.91 Å². The molecule has 3 N–H and O–H groups in total. The molecule has 3 atom stereocenters. The minimum Gasteiger partial charge on any atom is -0.394 e. The van der Waals surface area contributed by atoms with Crippen LogP contribution in [0.5, 0.6) is 0 Å². The van der Waals surface area contributed by atoms with Crippen LogP contribution in [0.25, 0.3) is 5.69 Å². The summed E-state index contributed by atoms with van der Waals surface area (Å²) in [5.74, 6) is -0.295. The topological polar surface area (TPSA) is 122 Å². The number of nitrogens with zero attached hydrogens (tertiary/aromatic N) is 4. The highest BCUT2D eigenvalue weighted by molar-refractivity contribution is 5.94. The summed E-state index contributed by atoms with van der Waals surface area (Å²) in [5, 5.41) is 32.8. The van der Waals surface area contributed by atoms with Crippen LogP contribution in [0.4, 0.5) is 0 Å². The molecule has 1 saturated heterocycles. The van der Waals surface area contributed by atoms with Crippen LogP contribution in [0, 0.1) is 0 Å². The van der Waals surface area contributed by atoms with Crippen molar-refractivity contribution in [2.24, 2.45) is 0 Å². The van der Waals surface area contributed by atoms with E-state index >= 15 is 0 Å². The first kappa shape index (κ1) is 15.5. The van der Waals surface area contributed by atoms with E-state index in [9.17, 15) is 9.90 Å². The molecule has 1 fully saturated rings. The normalized spacial score (nSPS) is 24.3. The maximum Gasteiger partial charge on any atom is 0.251 e. The van der Waals surface area contributed by atoms with Crippen LogP contribution in [-0.4, -0.2) is 67.8 Å². The summed E-state index contributed by atoms with van der Waals surface area (Å²) >= 11 is 0. The lowest BCUT2D eigenvalue weighted by Crippen LogP contribution is -2.54. The summed E-state index contributed by atoms with van der Waals surface area (Å²) < 4.78 is 6.72. The molecule has 1 aromatic carbocycles. The number of hydrogen-bond donors (Lipinski definition) is 3. The van der Waals surface area contributed by atoms with Gasteiger partial charge in [-0.25, -0.2) is 4.68 Å². The number of aliphatic hydroxyl groups is 2. The second kappa shape index (κ2) is 6.82. The molecule has 2 aromatic rings. The molecule has 1 amide bonds. The van der Waals surface area contributed by atoms with E-state index in [1.807, 2.05) is 0 Å². The molecule has 9 nitrogen and oxygen atoms in total. The Kier molecular flexibility index (Phi) is 4.60. The second-order valence-electron chi connectivity index (χ2n) is 5.25. The average molecular weight is 319 g/mol. The van der Waals surface area contributed by atoms with Gasteiger partial charge in [0.15, 0.2) is 0 Å². The molecule has 122 valence electrons. The van der Waals surface area contributed by atoms with Gasteiger partial charge in [-0.1, -0.05) is 0 Å². The van der Waals surface area contributed by atoms with Crippen molar-refractivity contribution in [1.82, 2.24) is 25.5 Å². The van der Waals surface area contributed by atoms with Crippen molar-refractivity contribution in [2.75, 3.05) is 13.2 Å². The van der Waals surface area contributed by atoms with Gasteiger partial charge < -0.3 is 20.3 Å². The number of ether oxygens (including phenoxy) is 1. The second-order valence-corrected chi connectivity index (χ2v) is 5.25. The molecule has 0 unspecified atom stereocenters. The number of rotatable bonds is 4. The Morgan fingerprint density at radius 3 is 2.83 bits per heavy atom. The Bertz CT molecular complexity index is 646. The third-order valence-corrected chi connectivity index (χ3v) is 3.79. The maximum absolute atomic E-state index is 12.3. The Morgan fingerprint density at radius 2 is 2.17 bits per heavy atom. The molecule has 23 heavy (non-hydrogen) atoms. The first-order valence-electron chi connectivity index (χ1n) is 7.24. The molecule has 0 aliphatic carbocycles. The zero-order valence-corrected chi connectivity index (χ0v) is 12.2. The zero-order chi connectivity index (χ0) is 16.2. The Morgan fingerprint density at radius 1 is 1.39 bits per heavy atom. The highest BCUT2D eigenvalue weighted by Crippen LogP contribution is 2.15. The molecule has 3 rings (SSSR count). The smallest absolute Gasteiger partial charge is 0.251 e. The highest BCUT2D eigenvalue weighted by atomic mass is 16.5. The van der Waals surface area contributed by atoms with Crippen LogP contribution in [0.15, 0.2) is 30.6 Å². The van der Waals surface area contributed by atoms with Gasteiger partial charge in [-0.15, -0.1) is 5.10 Å². The van der Waals surface area contributed by atoms with Crippen molar-refractivity contribution in [3.63, 3.8) is 0 Å². The van der Waals surface area contributed by atoms with Crippen LogP contribution in [-0.2, 0) is 4.74 Å². The Hall–Kier alpha value is -2.36. The molecule has 0 spiro atoms. The summed E-state index contributed by atoms with van der Waals surface area (Å²) in [4.78, 5) is 12.3. The number of aromatic nitrogens is 4.